The van der Waals surface area contributed by atoms with E-state index in [4.69, 9.17) is 0 Å². The van der Waals surface area contributed by atoms with Crippen LogP contribution in [0.2, 0.25) is 0 Å². The van der Waals surface area contributed by atoms with Gasteiger partial charge in [0.15, 0.2) is 0 Å². The third kappa shape index (κ3) is 8.14. The third-order valence-corrected chi connectivity index (χ3v) is 4.53. The van der Waals surface area contributed by atoms with Gasteiger partial charge in [-0.25, -0.2) is 0 Å². The van der Waals surface area contributed by atoms with E-state index in [2.05, 4.69) is 83.5 Å². The quantitative estimate of drug-likeness (QED) is 0.384. The van der Waals surface area contributed by atoms with Crippen LogP contribution in [0.3, 0.4) is 0 Å². The van der Waals surface area contributed by atoms with E-state index in [1.807, 2.05) is 13.0 Å². The van der Waals surface area contributed by atoms with Gasteiger partial charge in [0.05, 0.1) is 0 Å². The van der Waals surface area contributed by atoms with Gasteiger partial charge in [-0.1, -0.05) is 69.3 Å². The van der Waals surface area contributed by atoms with Crippen LogP contribution in [0.4, 0.5) is 0 Å². The maximum absolute atomic E-state index is 3.19. The van der Waals surface area contributed by atoms with Crippen molar-refractivity contribution in [3.8, 4) is 23.7 Å². The third-order valence-electron chi connectivity index (χ3n) is 4.53. The second-order valence-corrected chi connectivity index (χ2v) is 7.99. The highest BCUT2D eigenvalue weighted by molar-refractivity contribution is 5.39. The second kappa shape index (κ2) is 10.2. The number of allylic oxidation sites excluding steroid dienone is 8. The van der Waals surface area contributed by atoms with E-state index in [9.17, 15) is 0 Å². The van der Waals surface area contributed by atoms with E-state index in [1.54, 1.807) is 0 Å². The normalized spacial score (nSPS) is 18.1. The fourth-order valence-electron chi connectivity index (χ4n) is 3.06. The molecule has 0 heterocycles. The minimum Gasteiger partial charge on any atom is -0.100 e. The lowest BCUT2D eigenvalue weighted by Crippen LogP contribution is -2.19. The van der Waals surface area contributed by atoms with Crippen LogP contribution in [-0.4, -0.2) is 0 Å². The number of hydrogen-bond donors (Lipinski definition) is 0. The van der Waals surface area contributed by atoms with Crippen LogP contribution in [-0.2, 0) is 0 Å². The van der Waals surface area contributed by atoms with Crippen molar-refractivity contribution in [1.82, 2.24) is 0 Å². The molecule has 0 unspecified atom stereocenters. The van der Waals surface area contributed by atoms with Gasteiger partial charge in [-0.05, 0) is 68.2 Å². The molecule has 25 heavy (non-hydrogen) atoms. The van der Waals surface area contributed by atoms with Gasteiger partial charge in [0, 0.05) is 12.3 Å². The molecule has 0 nitrogen and oxygen atoms in total. The van der Waals surface area contributed by atoms with Gasteiger partial charge in [-0.3, -0.25) is 0 Å². The standard InChI is InChI=1S/C25H34/c1-20(2)12-8-9-13-21(3)14-10-15-22(4)17-18-24-23(5)16-11-19-25(24,6)7/h13,15,17-18,20H,9,11,16,19H2,1-7H3/b18-17+,21-13+,22-15-. The Morgan fingerprint density at radius 3 is 2.60 bits per heavy atom. The summed E-state index contributed by atoms with van der Waals surface area (Å²) in [7, 11) is 0. The minimum atomic E-state index is 0.293. The predicted octanol–water partition coefficient (Wildman–Crippen LogP) is 7.01. The summed E-state index contributed by atoms with van der Waals surface area (Å²) in [6.07, 6.45) is 13.2. The Morgan fingerprint density at radius 2 is 1.96 bits per heavy atom. The van der Waals surface area contributed by atoms with Crippen molar-refractivity contribution in [1.29, 1.82) is 0 Å². The molecule has 0 atom stereocenters. The molecule has 0 fully saturated rings. The Bertz CT molecular complexity index is 695. The Labute approximate surface area is 156 Å². The molecule has 0 radical (unpaired) electrons. The van der Waals surface area contributed by atoms with Gasteiger partial charge in [0.25, 0.3) is 0 Å². The first-order chi connectivity index (χ1) is 11.7. The lowest BCUT2D eigenvalue weighted by molar-refractivity contribution is 0.377. The van der Waals surface area contributed by atoms with Gasteiger partial charge in [0.1, 0.15) is 0 Å². The summed E-state index contributed by atoms with van der Waals surface area (Å²) in [5.74, 6) is 13.1. The van der Waals surface area contributed by atoms with Crippen molar-refractivity contribution in [3.05, 3.63) is 46.6 Å². The van der Waals surface area contributed by atoms with E-state index >= 15 is 0 Å². The SMILES string of the molecule is CC1=C(/C=C/C(C)=C\C#C/C(C)=C/CC#CC(C)C)C(C)(C)CCC1. The van der Waals surface area contributed by atoms with Crippen LogP contribution in [0.25, 0.3) is 0 Å². The van der Waals surface area contributed by atoms with Crippen LogP contribution in [0.1, 0.15) is 74.1 Å². The van der Waals surface area contributed by atoms with Crippen molar-refractivity contribution in [2.75, 3.05) is 0 Å². The molecule has 1 rings (SSSR count). The molecule has 0 N–H and O–H groups in total. The first kappa shape index (κ1) is 21.1. The van der Waals surface area contributed by atoms with Crippen LogP contribution in [0.15, 0.2) is 46.6 Å². The topological polar surface area (TPSA) is 0 Å². The highest BCUT2D eigenvalue weighted by Gasteiger charge is 2.26. The lowest BCUT2D eigenvalue weighted by Gasteiger charge is -2.32. The summed E-state index contributed by atoms with van der Waals surface area (Å²) < 4.78 is 0. The Balaban J connectivity index is 2.71. The molecule has 0 spiro atoms. The number of rotatable bonds is 3. The first-order valence-corrected chi connectivity index (χ1v) is 9.44. The molecule has 0 aliphatic heterocycles. The van der Waals surface area contributed by atoms with E-state index in [0.29, 0.717) is 11.3 Å². The summed E-state index contributed by atoms with van der Waals surface area (Å²) in [6, 6.07) is 0. The van der Waals surface area contributed by atoms with Gasteiger partial charge >= 0.3 is 0 Å². The van der Waals surface area contributed by atoms with Crippen molar-refractivity contribution in [2.24, 2.45) is 11.3 Å². The highest BCUT2D eigenvalue weighted by Crippen LogP contribution is 2.40. The Morgan fingerprint density at radius 1 is 1.24 bits per heavy atom. The first-order valence-electron chi connectivity index (χ1n) is 9.44. The Kier molecular flexibility index (Phi) is 8.58. The highest BCUT2D eigenvalue weighted by atomic mass is 14.3. The molecule has 0 saturated carbocycles. The summed E-state index contributed by atoms with van der Waals surface area (Å²) >= 11 is 0. The maximum atomic E-state index is 3.19. The predicted molar refractivity (Wildman–Crippen MR) is 112 cm³/mol. The molecule has 0 saturated heterocycles. The Hall–Kier alpha value is -1.92. The molecule has 0 aromatic carbocycles. The fraction of sp³-hybridized carbons (Fsp3) is 0.520. The van der Waals surface area contributed by atoms with E-state index in [-0.39, 0.29) is 0 Å². The molecule has 0 aromatic heterocycles. The number of hydrogen-bond acceptors (Lipinski definition) is 0. The molecule has 0 heteroatoms. The summed E-state index contributed by atoms with van der Waals surface area (Å²) in [5, 5.41) is 0. The molecule has 134 valence electrons. The minimum absolute atomic E-state index is 0.293. The summed E-state index contributed by atoms with van der Waals surface area (Å²) in [6.45, 7) is 15.4. The molecular formula is C25H34. The van der Waals surface area contributed by atoms with Gasteiger partial charge in [-0.2, -0.15) is 0 Å². The van der Waals surface area contributed by atoms with Crippen molar-refractivity contribution < 1.29 is 0 Å². The van der Waals surface area contributed by atoms with Crippen LogP contribution in [0.5, 0.6) is 0 Å². The van der Waals surface area contributed by atoms with E-state index < -0.39 is 0 Å². The average Bonchev–Trinajstić information content (AvgIpc) is 2.50. The van der Waals surface area contributed by atoms with E-state index in [0.717, 1.165) is 12.0 Å². The van der Waals surface area contributed by atoms with Crippen molar-refractivity contribution >= 4 is 0 Å². The van der Waals surface area contributed by atoms with Crippen molar-refractivity contribution in [3.63, 3.8) is 0 Å². The van der Waals surface area contributed by atoms with Crippen molar-refractivity contribution in [2.45, 2.75) is 74.1 Å². The van der Waals surface area contributed by atoms with Crippen LogP contribution >= 0.6 is 0 Å². The zero-order valence-corrected chi connectivity index (χ0v) is 17.2. The molecule has 1 aliphatic carbocycles. The molecular weight excluding hydrogens is 300 g/mol. The van der Waals surface area contributed by atoms with E-state index in [1.165, 1.54) is 36.0 Å². The van der Waals surface area contributed by atoms with Gasteiger partial charge in [0.2, 0.25) is 0 Å². The largest absolute Gasteiger partial charge is 0.100 e. The molecule has 1 aliphatic rings. The summed E-state index contributed by atoms with van der Waals surface area (Å²) in [4.78, 5) is 0. The zero-order chi connectivity index (χ0) is 18.9. The molecule has 0 amide bonds. The maximum Gasteiger partial charge on any atom is 0.0281 e. The zero-order valence-electron chi connectivity index (χ0n) is 17.2. The van der Waals surface area contributed by atoms with Gasteiger partial charge in [-0.15, -0.1) is 5.92 Å². The monoisotopic (exact) mass is 334 g/mol. The second-order valence-electron chi connectivity index (χ2n) is 7.99. The summed E-state index contributed by atoms with van der Waals surface area (Å²) in [5.41, 5.74) is 5.60. The van der Waals surface area contributed by atoms with Crippen LogP contribution < -0.4 is 0 Å². The smallest absolute Gasteiger partial charge is 0.0281 e. The average molecular weight is 335 g/mol. The lowest BCUT2D eigenvalue weighted by atomic mass is 9.72. The van der Waals surface area contributed by atoms with Crippen LogP contribution in [0, 0.1) is 35.0 Å². The molecule has 0 aromatic rings. The molecule has 0 bridgehead atoms. The fourth-order valence-corrected chi connectivity index (χ4v) is 3.06. The van der Waals surface area contributed by atoms with Gasteiger partial charge < -0.3 is 0 Å².